The van der Waals surface area contributed by atoms with Crippen molar-refractivity contribution < 1.29 is 14.6 Å². The molecule has 1 aliphatic rings. The van der Waals surface area contributed by atoms with Gasteiger partial charge in [0.15, 0.2) is 0 Å². The zero-order chi connectivity index (χ0) is 14.1. The molecule has 0 spiro atoms. The summed E-state index contributed by atoms with van der Waals surface area (Å²) in [5.41, 5.74) is 1.27. The number of methoxy groups -OCH3 is 1. The van der Waals surface area contributed by atoms with E-state index in [2.05, 4.69) is 10.4 Å². The number of hydrogen-bond donors (Lipinski definition) is 2. The van der Waals surface area contributed by atoms with E-state index < -0.39 is 5.97 Å². The molecule has 20 heavy (non-hydrogen) atoms. The molecule has 6 nitrogen and oxygen atoms in total. The molecule has 2 N–H and O–H groups in total. The fraction of sp³-hybridized carbons (Fsp3) is 0.286. The minimum atomic E-state index is -0.968. The fourth-order valence-corrected chi connectivity index (χ4v) is 2.54. The highest BCUT2D eigenvalue weighted by Crippen LogP contribution is 2.32. The number of fused-ring (bicyclic) bond motifs is 1. The van der Waals surface area contributed by atoms with E-state index >= 15 is 0 Å². The van der Waals surface area contributed by atoms with Gasteiger partial charge < -0.3 is 15.2 Å². The maximum Gasteiger partial charge on any atom is 0.341 e. The van der Waals surface area contributed by atoms with Gasteiger partial charge in [-0.25, -0.2) is 9.48 Å². The van der Waals surface area contributed by atoms with Gasteiger partial charge in [0.05, 0.1) is 19.3 Å². The molecule has 0 saturated heterocycles. The molecule has 1 aromatic heterocycles. The third-order valence-electron chi connectivity index (χ3n) is 3.51. The second-order valence-corrected chi connectivity index (χ2v) is 4.66. The SMILES string of the molecule is COc1cccc(C2CCNc3c(C(=O)O)cnn32)c1. The number of carboxylic acids is 1. The Morgan fingerprint density at radius 3 is 3.15 bits per heavy atom. The van der Waals surface area contributed by atoms with E-state index in [1.165, 1.54) is 6.20 Å². The fourth-order valence-electron chi connectivity index (χ4n) is 2.54. The van der Waals surface area contributed by atoms with Crippen molar-refractivity contribution in [2.75, 3.05) is 19.0 Å². The van der Waals surface area contributed by atoms with Gasteiger partial charge in [0.25, 0.3) is 0 Å². The number of nitrogens with one attached hydrogen (secondary N) is 1. The summed E-state index contributed by atoms with van der Waals surface area (Å²) in [5, 5.41) is 16.5. The number of carbonyl (C=O) groups is 1. The van der Waals surface area contributed by atoms with Crippen molar-refractivity contribution in [2.24, 2.45) is 0 Å². The Hall–Kier alpha value is -2.50. The normalized spacial score (nSPS) is 17.1. The molecule has 3 rings (SSSR count). The average molecular weight is 273 g/mol. The Kier molecular flexibility index (Phi) is 3.06. The van der Waals surface area contributed by atoms with Crippen LogP contribution in [0.5, 0.6) is 5.75 Å². The number of aromatic nitrogens is 2. The summed E-state index contributed by atoms with van der Waals surface area (Å²) in [6.45, 7) is 0.716. The molecule has 0 fully saturated rings. The lowest BCUT2D eigenvalue weighted by Gasteiger charge is -2.26. The van der Waals surface area contributed by atoms with Crippen LogP contribution < -0.4 is 10.1 Å². The lowest BCUT2D eigenvalue weighted by atomic mass is 10.0. The highest BCUT2D eigenvalue weighted by molar-refractivity contribution is 5.93. The molecule has 6 heteroatoms. The summed E-state index contributed by atoms with van der Waals surface area (Å²) < 4.78 is 6.98. The van der Waals surface area contributed by atoms with Crippen LogP contribution in [0.2, 0.25) is 0 Å². The maximum atomic E-state index is 11.2. The van der Waals surface area contributed by atoms with Crippen LogP contribution in [0.3, 0.4) is 0 Å². The number of anilines is 1. The van der Waals surface area contributed by atoms with E-state index in [0.717, 1.165) is 17.7 Å². The van der Waals surface area contributed by atoms with Crippen LogP contribution in [0.25, 0.3) is 0 Å². The van der Waals surface area contributed by atoms with Crippen LogP contribution in [0, 0.1) is 0 Å². The van der Waals surface area contributed by atoms with Crippen LogP contribution in [0.15, 0.2) is 30.5 Å². The average Bonchev–Trinajstić information content (AvgIpc) is 2.91. The largest absolute Gasteiger partial charge is 0.497 e. The van der Waals surface area contributed by atoms with E-state index in [0.29, 0.717) is 12.4 Å². The summed E-state index contributed by atoms with van der Waals surface area (Å²) in [5.74, 6) is 0.384. The smallest absolute Gasteiger partial charge is 0.341 e. The molecule has 0 amide bonds. The van der Waals surface area contributed by atoms with Gasteiger partial charge in [0.2, 0.25) is 0 Å². The molecule has 0 radical (unpaired) electrons. The molecular formula is C14H15N3O3. The summed E-state index contributed by atoms with van der Waals surface area (Å²) in [4.78, 5) is 11.2. The Labute approximate surface area is 116 Å². The monoisotopic (exact) mass is 273 g/mol. The zero-order valence-corrected chi connectivity index (χ0v) is 11.0. The van der Waals surface area contributed by atoms with Gasteiger partial charge >= 0.3 is 5.97 Å². The topological polar surface area (TPSA) is 76.4 Å². The highest BCUT2D eigenvalue weighted by Gasteiger charge is 2.26. The zero-order valence-electron chi connectivity index (χ0n) is 11.0. The van der Waals surface area contributed by atoms with Crippen molar-refractivity contribution in [3.05, 3.63) is 41.6 Å². The van der Waals surface area contributed by atoms with E-state index in [4.69, 9.17) is 9.84 Å². The first kappa shape index (κ1) is 12.5. The quantitative estimate of drug-likeness (QED) is 0.894. The van der Waals surface area contributed by atoms with Gasteiger partial charge in [-0.2, -0.15) is 5.10 Å². The molecule has 1 aliphatic heterocycles. The first-order valence-electron chi connectivity index (χ1n) is 6.39. The minimum absolute atomic E-state index is 0.0226. The minimum Gasteiger partial charge on any atom is -0.497 e. The van der Waals surface area contributed by atoms with Gasteiger partial charge in [0, 0.05) is 6.54 Å². The first-order chi connectivity index (χ1) is 9.70. The Balaban J connectivity index is 2.03. The number of hydrogen-bond acceptors (Lipinski definition) is 4. The van der Waals surface area contributed by atoms with E-state index in [-0.39, 0.29) is 11.6 Å². The third kappa shape index (κ3) is 1.99. The van der Waals surface area contributed by atoms with Crippen LogP contribution in [-0.2, 0) is 0 Å². The third-order valence-corrected chi connectivity index (χ3v) is 3.51. The van der Waals surface area contributed by atoms with Crippen molar-refractivity contribution in [1.82, 2.24) is 9.78 Å². The number of nitrogens with zero attached hydrogens (tertiary/aromatic N) is 2. The standard InChI is InChI=1S/C14H15N3O3/c1-20-10-4-2-3-9(7-10)12-5-6-15-13-11(14(18)19)8-16-17(12)13/h2-4,7-8,12,15H,5-6H2,1H3,(H,18,19). The van der Waals surface area contributed by atoms with Gasteiger partial charge in [0.1, 0.15) is 17.1 Å². The summed E-state index contributed by atoms with van der Waals surface area (Å²) in [6.07, 6.45) is 2.24. The van der Waals surface area contributed by atoms with Crippen LogP contribution in [0.4, 0.5) is 5.82 Å². The van der Waals surface area contributed by atoms with Crippen molar-refractivity contribution >= 4 is 11.8 Å². The van der Waals surface area contributed by atoms with Crippen LogP contribution in [-0.4, -0.2) is 34.5 Å². The van der Waals surface area contributed by atoms with Gasteiger partial charge in [-0.15, -0.1) is 0 Å². The number of ether oxygens (including phenoxy) is 1. The van der Waals surface area contributed by atoms with E-state index in [1.807, 2.05) is 24.3 Å². The van der Waals surface area contributed by atoms with Crippen LogP contribution in [0.1, 0.15) is 28.4 Å². The van der Waals surface area contributed by atoms with Gasteiger partial charge in [-0.3, -0.25) is 0 Å². The summed E-state index contributed by atoms with van der Waals surface area (Å²) in [6, 6.07) is 7.80. The number of carboxylic acid groups (broad SMARTS) is 1. The van der Waals surface area contributed by atoms with E-state index in [9.17, 15) is 4.79 Å². The van der Waals surface area contributed by atoms with Crippen LogP contribution >= 0.6 is 0 Å². The van der Waals surface area contributed by atoms with Crippen molar-refractivity contribution in [3.8, 4) is 5.75 Å². The van der Waals surface area contributed by atoms with E-state index in [1.54, 1.807) is 11.8 Å². The molecule has 1 aromatic carbocycles. The van der Waals surface area contributed by atoms with Crippen molar-refractivity contribution in [1.29, 1.82) is 0 Å². The molecule has 1 atom stereocenters. The molecule has 2 heterocycles. The molecule has 2 aromatic rings. The number of rotatable bonds is 3. The van der Waals surface area contributed by atoms with Gasteiger partial charge in [-0.05, 0) is 24.1 Å². The van der Waals surface area contributed by atoms with Gasteiger partial charge in [-0.1, -0.05) is 12.1 Å². The second kappa shape index (κ2) is 4.88. The van der Waals surface area contributed by atoms with Crippen molar-refractivity contribution in [2.45, 2.75) is 12.5 Å². The Morgan fingerprint density at radius 2 is 2.40 bits per heavy atom. The second-order valence-electron chi connectivity index (χ2n) is 4.66. The predicted octanol–water partition coefficient (Wildman–Crippen LogP) is 1.99. The summed E-state index contributed by atoms with van der Waals surface area (Å²) in [7, 11) is 1.63. The predicted molar refractivity (Wildman–Crippen MR) is 73.4 cm³/mol. The highest BCUT2D eigenvalue weighted by atomic mass is 16.5. The van der Waals surface area contributed by atoms with Crippen molar-refractivity contribution in [3.63, 3.8) is 0 Å². The number of benzene rings is 1. The molecule has 0 aliphatic carbocycles. The summed E-state index contributed by atoms with van der Waals surface area (Å²) >= 11 is 0. The molecule has 1 unspecified atom stereocenters. The lowest BCUT2D eigenvalue weighted by molar-refractivity contribution is 0.0697. The Morgan fingerprint density at radius 1 is 1.55 bits per heavy atom. The maximum absolute atomic E-state index is 11.2. The first-order valence-corrected chi connectivity index (χ1v) is 6.39. The molecular weight excluding hydrogens is 258 g/mol. The molecule has 0 bridgehead atoms. The molecule has 104 valence electrons. The Bertz CT molecular complexity index is 651. The lowest BCUT2D eigenvalue weighted by Crippen LogP contribution is -2.25. The number of aromatic carboxylic acids is 1. The molecule has 0 saturated carbocycles.